The third-order valence-electron chi connectivity index (χ3n) is 3.06. The van der Waals surface area contributed by atoms with Crippen LogP contribution in [0.5, 0.6) is 0 Å². The number of benzene rings is 1. The van der Waals surface area contributed by atoms with Crippen LogP contribution >= 0.6 is 11.8 Å². The Bertz CT molecular complexity index is 657. The van der Waals surface area contributed by atoms with E-state index in [9.17, 15) is 9.90 Å². The summed E-state index contributed by atoms with van der Waals surface area (Å²) in [7, 11) is 0. The molecule has 0 fully saturated rings. The summed E-state index contributed by atoms with van der Waals surface area (Å²) in [5, 5.41) is 9.98. The largest absolute Gasteiger partial charge is 0.478 e. The fourth-order valence-electron chi connectivity index (χ4n) is 1.79. The third-order valence-corrected chi connectivity index (χ3v) is 3.99. The molecule has 0 aliphatic heterocycles. The van der Waals surface area contributed by atoms with Gasteiger partial charge in [0, 0.05) is 16.0 Å². The lowest BCUT2D eigenvalue weighted by Crippen LogP contribution is -2.15. The zero-order valence-corrected chi connectivity index (χ0v) is 13.5. The van der Waals surface area contributed by atoms with Gasteiger partial charge in [0.1, 0.15) is 5.03 Å². The molecule has 2 rings (SSSR count). The molecule has 1 N–H and O–H groups in total. The van der Waals surface area contributed by atoms with E-state index in [0.29, 0.717) is 5.03 Å². The van der Waals surface area contributed by atoms with Crippen molar-refractivity contribution in [3.8, 4) is 0 Å². The Kier molecular flexibility index (Phi) is 4.37. The average molecular weight is 301 g/mol. The molecule has 0 saturated carbocycles. The van der Waals surface area contributed by atoms with E-state index in [1.165, 1.54) is 17.3 Å². The summed E-state index contributed by atoms with van der Waals surface area (Å²) in [6.45, 7) is 8.12. The van der Waals surface area contributed by atoms with Crippen molar-refractivity contribution in [1.82, 2.24) is 4.98 Å². The second-order valence-corrected chi connectivity index (χ2v) is 7.14. The molecule has 0 bridgehead atoms. The lowest BCUT2D eigenvalue weighted by Gasteiger charge is -2.19. The fourth-order valence-corrected chi connectivity index (χ4v) is 2.64. The van der Waals surface area contributed by atoms with Crippen LogP contribution in [0, 0.1) is 6.92 Å². The van der Waals surface area contributed by atoms with E-state index in [2.05, 4.69) is 4.98 Å². The monoisotopic (exact) mass is 301 g/mol. The Morgan fingerprint density at radius 2 is 1.76 bits per heavy atom. The first-order valence-corrected chi connectivity index (χ1v) is 7.58. The van der Waals surface area contributed by atoms with E-state index < -0.39 is 5.97 Å². The molecule has 0 unspecified atom stereocenters. The SMILES string of the molecule is Cc1ccc(Sc2cc(C(=O)O)cc(C(C)(C)C)n2)cc1. The van der Waals surface area contributed by atoms with E-state index in [1.807, 2.05) is 52.0 Å². The minimum Gasteiger partial charge on any atom is -0.478 e. The molecule has 0 spiro atoms. The molecule has 0 aliphatic rings. The van der Waals surface area contributed by atoms with Crippen molar-refractivity contribution in [1.29, 1.82) is 0 Å². The number of hydrogen-bond donors (Lipinski definition) is 1. The first kappa shape index (κ1) is 15.6. The van der Waals surface area contributed by atoms with Crippen LogP contribution in [0.25, 0.3) is 0 Å². The molecule has 0 aliphatic carbocycles. The molecule has 21 heavy (non-hydrogen) atoms. The second kappa shape index (κ2) is 5.90. The highest BCUT2D eigenvalue weighted by atomic mass is 32.2. The number of carbonyl (C=O) groups is 1. The van der Waals surface area contributed by atoms with Crippen molar-refractivity contribution in [2.24, 2.45) is 0 Å². The maximum absolute atomic E-state index is 11.3. The number of hydrogen-bond acceptors (Lipinski definition) is 3. The summed E-state index contributed by atoms with van der Waals surface area (Å²) in [6, 6.07) is 11.4. The van der Waals surface area contributed by atoms with Crippen molar-refractivity contribution in [2.75, 3.05) is 0 Å². The Hall–Kier alpha value is -1.81. The van der Waals surface area contributed by atoms with E-state index >= 15 is 0 Å². The van der Waals surface area contributed by atoms with Crippen LogP contribution in [0.1, 0.15) is 42.4 Å². The van der Waals surface area contributed by atoms with Crippen molar-refractivity contribution < 1.29 is 9.90 Å². The van der Waals surface area contributed by atoms with Crippen molar-refractivity contribution >= 4 is 17.7 Å². The lowest BCUT2D eigenvalue weighted by atomic mass is 9.91. The Morgan fingerprint density at radius 3 is 2.29 bits per heavy atom. The Balaban J connectivity index is 2.40. The number of rotatable bonds is 3. The summed E-state index contributed by atoms with van der Waals surface area (Å²) in [5.41, 5.74) is 2.08. The van der Waals surface area contributed by atoms with Gasteiger partial charge in [-0.05, 0) is 31.2 Å². The predicted molar refractivity (Wildman–Crippen MR) is 85.2 cm³/mol. The van der Waals surface area contributed by atoms with Gasteiger partial charge in [0.05, 0.1) is 5.56 Å². The summed E-state index contributed by atoms with van der Waals surface area (Å²) < 4.78 is 0. The summed E-state index contributed by atoms with van der Waals surface area (Å²) >= 11 is 1.48. The molecule has 3 nitrogen and oxygen atoms in total. The lowest BCUT2D eigenvalue weighted by molar-refractivity contribution is 0.0696. The maximum atomic E-state index is 11.3. The second-order valence-electron chi connectivity index (χ2n) is 6.05. The molecule has 1 aromatic carbocycles. The molecule has 1 heterocycles. The first-order chi connectivity index (χ1) is 9.75. The topological polar surface area (TPSA) is 50.2 Å². The van der Waals surface area contributed by atoms with Crippen LogP contribution in [0.3, 0.4) is 0 Å². The summed E-state index contributed by atoms with van der Waals surface area (Å²) in [5.74, 6) is -0.923. The van der Waals surface area contributed by atoms with Gasteiger partial charge in [-0.3, -0.25) is 0 Å². The Labute approximate surface area is 129 Å². The average Bonchev–Trinajstić information content (AvgIpc) is 2.40. The van der Waals surface area contributed by atoms with Crippen LogP contribution in [0.2, 0.25) is 0 Å². The zero-order valence-electron chi connectivity index (χ0n) is 12.7. The highest BCUT2D eigenvalue weighted by Gasteiger charge is 2.19. The molecular formula is C17H19NO2S. The molecule has 0 radical (unpaired) electrons. The van der Waals surface area contributed by atoms with Crippen molar-refractivity contribution in [2.45, 2.75) is 43.0 Å². The minimum atomic E-state index is -0.923. The van der Waals surface area contributed by atoms with E-state index in [-0.39, 0.29) is 11.0 Å². The zero-order chi connectivity index (χ0) is 15.6. The van der Waals surface area contributed by atoms with Crippen molar-refractivity contribution in [3.63, 3.8) is 0 Å². The number of nitrogens with zero attached hydrogens (tertiary/aromatic N) is 1. The number of pyridine rings is 1. The minimum absolute atomic E-state index is 0.186. The van der Waals surface area contributed by atoms with Gasteiger partial charge < -0.3 is 5.11 Å². The molecule has 0 amide bonds. The van der Waals surface area contributed by atoms with Gasteiger partial charge in [0.2, 0.25) is 0 Å². The van der Waals surface area contributed by atoms with Crippen LogP contribution in [-0.4, -0.2) is 16.1 Å². The third kappa shape index (κ3) is 4.08. The molecule has 2 aromatic rings. The van der Waals surface area contributed by atoms with E-state index in [4.69, 9.17) is 0 Å². The normalized spacial score (nSPS) is 11.4. The van der Waals surface area contributed by atoms with Gasteiger partial charge in [-0.25, -0.2) is 9.78 Å². The van der Waals surface area contributed by atoms with Crippen LogP contribution in [0.15, 0.2) is 46.3 Å². The molecule has 110 valence electrons. The van der Waals surface area contributed by atoms with Crippen molar-refractivity contribution in [3.05, 3.63) is 53.2 Å². The summed E-state index contributed by atoms with van der Waals surface area (Å²) in [6.07, 6.45) is 0. The van der Waals surface area contributed by atoms with Gasteiger partial charge in [0.15, 0.2) is 0 Å². The quantitative estimate of drug-likeness (QED) is 0.904. The van der Waals surface area contributed by atoms with Crippen LogP contribution in [0.4, 0.5) is 0 Å². The summed E-state index contributed by atoms with van der Waals surface area (Å²) in [4.78, 5) is 16.9. The number of carboxylic acids is 1. The predicted octanol–water partition coefficient (Wildman–Crippen LogP) is 4.54. The van der Waals surface area contributed by atoms with E-state index in [1.54, 1.807) is 12.1 Å². The standard InChI is InChI=1S/C17H19NO2S/c1-11-5-7-13(8-6-11)21-15-10-12(16(19)20)9-14(18-15)17(2,3)4/h5-10H,1-4H3,(H,19,20). The van der Waals surface area contributed by atoms with Gasteiger partial charge in [-0.1, -0.05) is 50.2 Å². The Morgan fingerprint density at radius 1 is 1.14 bits per heavy atom. The number of aromatic carboxylic acids is 1. The van der Waals surface area contributed by atoms with E-state index in [0.717, 1.165) is 10.6 Å². The van der Waals surface area contributed by atoms with Gasteiger partial charge in [-0.15, -0.1) is 0 Å². The highest BCUT2D eigenvalue weighted by molar-refractivity contribution is 7.99. The maximum Gasteiger partial charge on any atom is 0.335 e. The molecular weight excluding hydrogens is 282 g/mol. The number of aryl methyl sites for hydroxylation is 1. The van der Waals surface area contributed by atoms with Crippen LogP contribution in [-0.2, 0) is 5.41 Å². The fraction of sp³-hybridized carbons (Fsp3) is 0.294. The molecule has 4 heteroatoms. The first-order valence-electron chi connectivity index (χ1n) is 6.76. The van der Waals surface area contributed by atoms with Gasteiger partial charge in [-0.2, -0.15) is 0 Å². The number of aromatic nitrogens is 1. The van der Waals surface area contributed by atoms with Gasteiger partial charge >= 0.3 is 5.97 Å². The van der Waals surface area contributed by atoms with Crippen LogP contribution < -0.4 is 0 Å². The number of carboxylic acid groups (broad SMARTS) is 1. The van der Waals surface area contributed by atoms with Gasteiger partial charge in [0.25, 0.3) is 0 Å². The molecule has 1 aromatic heterocycles. The molecule has 0 saturated heterocycles. The smallest absolute Gasteiger partial charge is 0.335 e. The molecule has 0 atom stereocenters. The highest BCUT2D eigenvalue weighted by Crippen LogP contribution is 2.30.